The lowest BCUT2D eigenvalue weighted by molar-refractivity contribution is 0.0600. The Kier molecular flexibility index (Phi) is 5.20. The van der Waals surface area contributed by atoms with Crippen molar-refractivity contribution in [1.82, 2.24) is 0 Å². The van der Waals surface area contributed by atoms with Crippen molar-refractivity contribution in [2.24, 2.45) is 0 Å². The van der Waals surface area contributed by atoms with E-state index in [1.54, 1.807) is 30.3 Å². The number of rotatable bonds is 5. The maximum atomic E-state index is 12.2. The highest BCUT2D eigenvalue weighted by atomic mass is 32.2. The molecule has 2 N–H and O–H groups in total. The van der Waals surface area contributed by atoms with Crippen molar-refractivity contribution in [2.75, 3.05) is 23.4 Å². The highest BCUT2D eigenvalue weighted by Gasteiger charge is 2.10. The quantitative estimate of drug-likeness (QED) is 0.806. The van der Waals surface area contributed by atoms with Gasteiger partial charge < -0.3 is 10.1 Å². The number of hydrogen-bond acceptors (Lipinski definition) is 5. The minimum absolute atomic E-state index is 0.292. The Hall–Kier alpha value is -2.87. The molecule has 0 saturated carbocycles. The topological polar surface area (TPSA) is 102 Å². The van der Waals surface area contributed by atoms with Crippen LogP contribution in [0.15, 0.2) is 48.5 Å². The first-order valence-corrected chi connectivity index (χ1v) is 8.75. The van der Waals surface area contributed by atoms with Crippen LogP contribution in [-0.4, -0.2) is 33.7 Å². The van der Waals surface area contributed by atoms with Gasteiger partial charge in [0.15, 0.2) is 0 Å². The smallest absolute Gasteiger partial charge is 0.337 e. The van der Waals surface area contributed by atoms with Gasteiger partial charge in [0, 0.05) is 16.9 Å². The number of benzene rings is 2. The molecule has 0 radical (unpaired) electrons. The van der Waals surface area contributed by atoms with Crippen LogP contribution < -0.4 is 10.0 Å². The van der Waals surface area contributed by atoms with E-state index in [1.807, 2.05) is 0 Å². The lowest BCUT2D eigenvalue weighted by Crippen LogP contribution is -2.14. The third kappa shape index (κ3) is 4.82. The lowest BCUT2D eigenvalue weighted by Gasteiger charge is -2.08. The molecule has 0 aromatic heterocycles. The van der Waals surface area contributed by atoms with Crippen LogP contribution in [0.4, 0.5) is 11.4 Å². The lowest BCUT2D eigenvalue weighted by atomic mass is 10.1. The second-order valence-electron chi connectivity index (χ2n) is 4.98. The monoisotopic (exact) mass is 348 g/mol. The van der Waals surface area contributed by atoms with E-state index in [4.69, 9.17) is 0 Å². The average molecular weight is 348 g/mol. The molecule has 2 aromatic carbocycles. The Morgan fingerprint density at radius 2 is 1.62 bits per heavy atom. The van der Waals surface area contributed by atoms with Gasteiger partial charge in [-0.3, -0.25) is 9.52 Å². The summed E-state index contributed by atoms with van der Waals surface area (Å²) >= 11 is 0. The molecule has 126 valence electrons. The van der Waals surface area contributed by atoms with Gasteiger partial charge in [-0.1, -0.05) is 6.07 Å². The van der Waals surface area contributed by atoms with Crippen LogP contribution in [0.25, 0.3) is 0 Å². The number of anilines is 2. The minimum Gasteiger partial charge on any atom is -0.465 e. The summed E-state index contributed by atoms with van der Waals surface area (Å²) in [5, 5.41) is 2.66. The summed E-state index contributed by atoms with van der Waals surface area (Å²) in [4.78, 5) is 23.6. The Morgan fingerprint density at radius 1 is 0.958 bits per heavy atom. The van der Waals surface area contributed by atoms with E-state index in [2.05, 4.69) is 14.8 Å². The number of nitrogens with one attached hydrogen (secondary N) is 2. The first kappa shape index (κ1) is 17.5. The molecule has 0 fully saturated rings. The predicted octanol–water partition coefficient (Wildman–Crippen LogP) is 2.10. The van der Waals surface area contributed by atoms with Crippen LogP contribution in [0.2, 0.25) is 0 Å². The minimum atomic E-state index is -3.42. The summed E-state index contributed by atoms with van der Waals surface area (Å²) in [6.07, 6.45) is 1.03. The van der Waals surface area contributed by atoms with E-state index in [1.165, 1.54) is 25.3 Å². The molecule has 2 rings (SSSR count). The highest BCUT2D eigenvalue weighted by Crippen LogP contribution is 2.15. The number of carbonyl (C=O) groups excluding carboxylic acids is 2. The van der Waals surface area contributed by atoms with Gasteiger partial charge in [-0.25, -0.2) is 13.2 Å². The first-order chi connectivity index (χ1) is 11.3. The van der Waals surface area contributed by atoms with Crippen molar-refractivity contribution in [3.63, 3.8) is 0 Å². The van der Waals surface area contributed by atoms with Crippen LogP contribution in [-0.2, 0) is 14.8 Å². The van der Waals surface area contributed by atoms with E-state index in [-0.39, 0.29) is 0 Å². The van der Waals surface area contributed by atoms with Gasteiger partial charge >= 0.3 is 5.97 Å². The normalized spacial score (nSPS) is 10.8. The van der Waals surface area contributed by atoms with Crippen molar-refractivity contribution >= 4 is 33.3 Å². The van der Waals surface area contributed by atoms with E-state index in [0.717, 1.165) is 6.26 Å². The highest BCUT2D eigenvalue weighted by molar-refractivity contribution is 7.92. The Labute approximate surface area is 139 Å². The van der Waals surface area contributed by atoms with E-state index in [0.29, 0.717) is 22.5 Å². The van der Waals surface area contributed by atoms with Crippen molar-refractivity contribution in [3.8, 4) is 0 Å². The van der Waals surface area contributed by atoms with Crippen molar-refractivity contribution in [2.45, 2.75) is 0 Å². The zero-order valence-corrected chi connectivity index (χ0v) is 13.9. The third-order valence-corrected chi connectivity index (χ3v) is 3.60. The fourth-order valence-electron chi connectivity index (χ4n) is 1.95. The summed E-state index contributed by atoms with van der Waals surface area (Å²) in [7, 11) is -2.13. The summed E-state index contributed by atoms with van der Waals surface area (Å²) in [6, 6.07) is 12.3. The van der Waals surface area contributed by atoms with Crippen molar-refractivity contribution < 1.29 is 22.7 Å². The molecule has 2 aromatic rings. The molecule has 0 bridgehead atoms. The maximum Gasteiger partial charge on any atom is 0.337 e. The molecule has 24 heavy (non-hydrogen) atoms. The summed E-state index contributed by atoms with van der Waals surface area (Å²) in [5.41, 5.74) is 1.45. The maximum absolute atomic E-state index is 12.2. The van der Waals surface area contributed by atoms with Gasteiger partial charge in [-0.05, 0) is 42.5 Å². The zero-order chi connectivity index (χ0) is 17.7. The molecule has 0 unspecified atom stereocenters. The molecular weight excluding hydrogens is 332 g/mol. The summed E-state index contributed by atoms with van der Waals surface area (Å²) in [5.74, 6) is -0.870. The van der Waals surface area contributed by atoms with Crippen LogP contribution in [0.1, 0.15) is 20.7 Å². The van der Waals surface area contributed by atoms with Crippen molar-refractivity contribution in [3.05, 3.63) is 59.7 Å². The van der Waals surface area contributed by atoms with Crippen LogP contribution in [0.3, 0.4) is 0 Å². The Morgan fingerprint density at radius 3 is 2.21 bits per heavy atom. The number of carbonyl (C=O) groups is 2. The Bertz CT molecular complexity index is 860. The van der Waals surface area contributed by atoms with E-state index in [9.17, 15) is 18.0 Å². The SMILES string of the molecule is COC(=O)c1ccc(NC(=O)c2cccc(NS(C)(=O)=O)c2)cc1. The molecule has 1 amide bonds. The molecular formula is C16H16N2O5S. The number of methoxy groups -OCH3 is 1. The molecule has 0 spiro atoms. The fraction of sp³-hybridized carbons (Fsp3) is 0.125. The van der Waals surface area contributed by atoms with Gasteiger partial charge in [0.2, 0.25) is 10.0 Å². The van der Waals surface area contributed by atoms with Gasteiger partial charge in [-0.2, -0.15) is 0 Å². The number of esters is 1. The molecule has 0 saturated heterocycles. The molecule has 7 nitrogen and oxygen atoms in total. The van der Waals surface area contributed by atoms with Crippen molar-refractivity contribution in [1.29, 1.82) is 0 Å². The summed E-state index contributed by atoms with van der Waals surface area (Å²) in [6.45, 7) is 0. The number of ether oxygens (including phenoxy) is 1. The van der Waals surface area contributed by atoms with Crippen LogP contribution >= 0.6 is 0 Å². The molecule has 0 aliphatic heterocycles. The number of hydrogen-bond donors (Lipinski definition) is 2. The van der Waals surface area contributed by atoms with Gasteiger partial charge in [0.05, 0.1) is 18.9 Å². The first-order valence-electron chi connectivity index (χ1n) is 6.86. The standard InChI is InChI=1S/C16H16N2O5S/c1-23-16(20)11-6-8-13(9-7-11)17-15(19)12-4-3-5-14(10-12)18-24(2,21)22/h3-10,18H,1-2H3,(H,17,19). The zero-order valence-electron chi connectivity index (χ0n) is 13.1. The second-order valence-corrected chi connectivity index (χ2v) is 6.73. The van der Waals surface area contributed by atoms with E-state index < -0.39 is 21.9 Å². The molecule has 0 aliphatic carbocycles. The molecule has 0 aliphatic rings. The molecule has 0 heterocycles. The number of sulfonamides is 1. The molecule has 0 atom stereocenters. The van der Waals surface area contributed by atoms with Gasteiger partial charge in [0.25, 0.3) is 5.91 Å². The Balaban J connectivity index is 2.12. The van der Waals surface area contributed by atoms with E-state index >= 15 is 0 Å². The predicted molar refractivity (Wildman–Crippen MR) is 90.6 cm³/mol. The summed E-state index contributed by atoms with van der Waals surface area (Å²) < 4.78 is 29.4. The number of amides is 1. The van der Waals surface area contributed by atoms with Crippen LogP contribution in [0.5, 0.6) is 0 Å². The third-order valence-electron chi connectivity index (χ3n) is 2.99. The average Bonchev–Trinajstić information content (AvgIpc) is 2.53. The largest absolute Gasteiger partial charge is 0.465 e. The fourth-order valence-corrected chi connectivity index (χ4v) is 2.50. The second kappa shape index (κ2) is 7.14. The van der Waals surface area contributed by atoms with Gasteiger partial charge in [-0.15, -0.1) is 0 Å². The molecule has 8 heteroatoms. The van der Waals surface area contributed by atoms with Gasteiger partial charge in [0.1, 0.15) is 0 Å². The van der Waals surface area contributed by atoms with Crippen LogP contribution in [0, 0.1) is 0 Å².